The average molecular weight is 295 g/mol. The number of methoxy groups -OCH3 is 1. The molecule has 1 amide bonds. The van der Waals surface area contributed by atoms with E-state index in [0.29, 0.717) is 18.0 Å². The second-order valence-corrected chi connectivity index (χ2v) is 4.82. The van der Waals surface area contributed by atoms with Gasteiger partial charge in [0.05, 0.1) is 20.1 Å². The summed E-state index contributed by atoms with van der Waals surface area (Å²) in [6, 6.07) is 7.24. The lowest BCUT2D eigenvalue weighted by molar-refractivity contribution is -0.140. The average Bonchev–Trinajstić information content (AvgIpc) is 2.44. The summed E-state index contributed by atoms with van der Waals surface area (Å²) >= 11 is 0. The summed E-state index contributed by atoms with van der Waals surface area (Å²) in [5.41, 5.74) is 0. The maximum absolute atomic E-state index is 11.7. The molecule has 0 bridgehead atoms. The predicted octanol–water partition coefficient (Wildman–Crippen LogP) is 1.69. The number of hydrogen-bond acceptors (Lipinski definition) is 4. The third-order valence-electron chi connectivity index (χ3n) is 2.89. The topological polar surface area (TPSA) is 84.9 Å². The van der Waals surface area contributed by atoms with E-state index in [4.69, 9.17) is 14.6 Å². The Hall–Kier alpha value is -2.24. The SMILES string of the molecule is COc1ccccc1OC(C)CNC(=O)C(C)CC(=O)O. The van der Waals surface area contributed by atoms with Crippen molar-refractivity contribution in [2.24, 2.45) is 5.92 Å². The summed E-state index contributed by atoms with van der Waals surface area (Å²) in [6.45, 7) is 3.69. The second-order valence-electron chi connectivity index (χ2n) is 4.82. The van der Waals surface area contributed by atoms with E-state index in [1.54, 1.807) is 26.2 Å². The summed E-state index contributed by atoms with van der Waals surface area (Å²) in [4.78, 5) is 22.2. The molecule has 21 heavy (non-hydrogen) atoms. The Balaban J connectivity index is 2.45. The van der Waals surface area contributed by atoms with Crippen molar-refractivity contribution in [1.82, 2.24) is 5.32 Å². The summed E-state index contributed by atoms with van der Waals surface area (Å²) < 4.78 is 10.9. The van der Waals surface area contributed by atoms with Crippen molar-refractivity contribution in [2.75, 3.05) is 13.7 Å². The number of para-hydroxylation sites is 2. The first-order valence-corrected chi connectivity index (χ1v) is 6.73. The van der Waals surface area contributed by atoms with Crippen molar-refractivity contribution < 1.29 is 24.2 Å². The van der Waals surface area contributed by atoms with Gasteiger partial charge < -0.3 is 19.9 Å². The molecule has 0 heterocycles. The van der Waals surface area contributed by atoms with E-state index in [9.17, 15) is 9.59 Å². The molecule has 2 N–H and O–H groups in total. The zero-order valence-corrected chi connectivity index (χ0v) is 12.5. The highest BCUT2D eigenvalue weighted by molar-refractivity contribution is 5.82. The number of carboxylic acid groups (broad SMARTS) is 1. The second kappa shape index (κ2) is 8.14. The zero-order valence-electron chi connectivity index (χ0n) is 12.5. The molecule has 6 heteroatoms. The molecule has 0 aliphatic heterocycles. The Labute approximate surface area is 124 Å². The standard InChI is InChI=1S/C15H21NO5/c1-10(8-14(17)18)15(19)16-9-11(2)21-13-7-5-4-6-12(13)20-3/h4-7,10-11H,8-9H2,1-3H3,(H,16,19)(H,17,18). The number of rotatable bonds is 8. The maximum Gasteiger partial charge on any atom is 0.304 e. The molecule has 6 nitrogen and oxygen atoms in total. The van der Waals surface area contributed by atoms with Crippen molar-refractivity contribution in [3.8, 4) is 11.5 Å². The van der Waals surface area contributed by atoms with Crippen LogP contribution in [0.4, 0.5) is 0 Å². The van der Waals surface area contributed by atoms with Crippen LogP contribution in [0, 0.1) is 5.92 Å². The minimum atomic E-state index is -0.990. The highest BCUT2D eigenvalue weighted by Crippen LogP contribution is 2.26. The molecular formula is C15H21NO5. The number of amides is 1. The summed E-state index contributed by atoms with van der Waals surface area (Å²) in [6.07, 6.45) is -0.449. The Morgan fingerprint density at radius 1 is 1.24 bits per heavy atom. The lowest BCUT2D eigenvalue weighted by atomic mass is 10.1. The largest absolute Gasteiger partial charge is 0.493 e. The first kappa shape index (κ1) is 16.8. The van der Waals surface area contributed by atoms with Gasteiger partial charge in [-0.2, -0.15) is 0 Å². The van der Waals surface area contributed by atoms with Gasteiger partial charge in [-0.1, -0.05) is 19.1 Å². The molecular weight excluding hydrogens is 274 g/mol. The third-order valence-corrected chi connectivity index (χ3v) is 2.89. The summed E-state index contributed by atoms with van der Waals surface area (Å²) in [5, 5.41) is 11.3. The van der Waals surface area contributed by atoms with E-state index in [2.05, 4.69) is 5.32 Å². The molecule has 0 radical (unpaired) electrons. The number of benzene rings is 1. The van der Waals surface area contributed by atoms with Crippen LogP contribution in [0.15, 0.2) is 24.3 Å². The molecule has 2 unspecified atom stereocenters. The Morgan fingerprint density at radius 3 is 2.43 bits per heavy atom. The van der Waals surface area contributed by atoms with Crippen LogP contribution in [0.1, 0.15) is 20.3 Å². The number of carboxylic acids is 1. The van der Waals surface area contributed by atoms with Crippen LogP contribution in [0.5, 0.6) is 11.5 Å². The third kappa shape index (κ3) is 5.72. The van der Waals surface area contributed by atoms with Gasteiger partial charge in [0.1, 0.15) is 6.10 Å². The fraction of sp³-hybridized carbons (Fsp3) is 0.467. The molecule has 0 spiro atoms. The first-order valence-electron chi connectivity index (χ1n) is 6.73. The lowest BCUT2D eigenvalue weighted by Crippen LogP contribution is -2.37. The van der Waals surface area contributed by atoms with Crippen LogP contribution in [0.2, 0.25) is 0 Å². The van der Waals surface area contributed by atoms with Gasteiger partial charge in [0.2, 0.25) is 5.91 Å². The molecule has 2 atom stereocenters. The molecule has 0 aliphatic carbocycles. The highest BCUT2D eigenvalue weighted by Gasteiger charge is 2.17. The lowest BCUT2D eigenvalue weighted by Gasteiger charge is -2.18. The minimum absolute atomic E-state index is 0.187. The summed E-state index contributed by atoms with van der Waals surface area (Å²) in [7, 11) is 1.56. The number of nitrogens with one attached hydrogen (secondary N) is 1. The molecule has 0 saturated carbocycles. The number of hydrogen-bond donors (Lipinski definition) is 2. The van der Waals surface area contributed by atoms with Crippen LogP contribution in [0.3, 0.4) is 0 Å². The van der Waals surface area contributed by atoms with Gasteiger partial charge >= 0.3 is 5.97 Å². The molecule has 0 saturated heterocycles. The number of carbonyl (C=O) groups is 2. The first-order chi connectivity index (χ1) is 9.93. The highest BCUT2D eigenvalue weighted by atomic mass is 16.5. The molecule has 0 aromatic heterocycles. The van der Waals surface area contributed by atoms with Gasteiger partial charge in [-0.25, -0.2) is 0 Å². The van der Waals surface area contributed by atoms with Crippen molar-refractivity contribution >= 4 is 11.9 Å². The van der Waals surface area contributed by atoms with Gasteiger partial charge in [0.15, 0.2) is 11.5 Å². The molecule has 1 aromatic rings. The van der Waals surface area contributed by atoms with Crippen LogP contribution in [-0.2, 0) is 9.59 Å². The molecule has 1 aromatic carbocycles. The fourth-order valence-corrected chi connectivity index (χ4v) is 1.75. The molecule has 0 fully saturated rings. The van der Waals surface area contributed by atoms with Crippen LogP contribution in [0.25, 0.3) is 0 Å². The van der Waals surface area contributed by atoms with Crippen LogP contribution < -0.4 is 14.8 Å². The summed E-state index contributed by atoms with van der Waals surface area (Å²) in [5.74, 6) is -0.639. The van der Waals surface area contributed by atoms with Gasteiger partial charge in [-0.05, 0) is 19.1 Å². The van der Waals surface area contributed by atoms with Crippen molar-refractivity contribution in [3.63, 3.8) is 0 Å². The van der Waals surface area contributed by atoms with E-state index in [0.717, 1.165) is 0 Å². The molecule has 0 aliphatic rings. The van der Waals surface area contributed by atoms with Crippen molar-refractivity contribution in [3.05, 3.63) is 24.3 Å². The van der Waals surface area contributed by atoms with E-state index in [1.807, 2.05) is 19.1 Å². The van der Waals surface area contributed by atoms with Gasteiger partial charge in [0.25, 0.3) is 0 Å². The number of carbonyl (C=O) groups excluding carboxylic acids is 1. The van der Waals surface area contributed by atoms with E-state index in [-0.39, 0.29) is 18.4 Å². The number of aliphatic carboxylic acids is 1. The van der Waals surface area contributed by atoms with Crippen LogP contribution in [-0.4, -0.2) is 36.7 Å². The van der Waals surface area contributed by atoms with E-state index >= 15 is 0 Å². The monoisotopic (exact) mass is 295 g/mol. The molecule has 1 rings (SSSR count). The Morgan fingerprint density at radius 2 is 1.86 bits per heavy atom. The van der Waals surface area contributed by atoms with Crippen molar-refractivity contribution in [1.29, 1.82) is 0 Å². The Kier molecular flexibility index (Phi) is 6.52. The smallest absolute Gasteiger partial charge is 0.304 e. The Bertz CT molecular complexity index is 489. The van der Waals surface area contributed by atoms with E-state index < -0.39 is 11.9 Å². The minimum Gasteiger partial charge on any atom is -0.493 e. The van der Waals surface area contributed by atoms with Gasteiger partial charge in [0, 0.05) is 5.92 Å². The van der Waals surface area contributed by atoms with Gasteiger partial charge in [-0.3, -0.25) is 9.59 Å². The maximum atomic E-state index is 11.7. The fourth-order valence-electron chi connectivity index (χ4n) is 1.75. The van der Waals surface area contributed by atoms with E-state index in [1.165, 1.54) is 0 Å². The number of ether oxygens (including phenoxy) is 2. The quantitative estimate of drug-likeness (QED) is 0.762. The van der Waals surface area contributed by atoms with Crippen molar-refractivity contribution in [2.45, 2.75) is 26.4 Å². The molecule has 116 valence electrons. The zero-order chi connectivity index (χ0) is 15.8. The predicted molar refractivity (Wildman–Crippen MR) is 77.5 cm³/mol. The normalized spacial score (nSPS) is 13.1. The van der Waals surface area contributed by atoms with Crippen LogP contribution >= 0.6 is 0 Å². The van der Waals surface area contributed by atoms with Gasteiger partial charge in [-0.15, -0.1) is 0 Å².